The van der Waals surface area contributed by atoms with Crippen LogP contribution in [-0.2, 0) is 28.6 Å². The Morgan fingerprint density at radius 1 is 0.900 bits per heavy atom. The average Bonchev–Trinajstić information content (AvgIpc) is 2.40. The molecule has 0 rings (SSSR count). The molecule has 0 amide bonds. The van der Waals surface area contributed by atoms with Crippen LogP contribution in [0.1, 0.15) is 6.92 Å². The third kappa shape index (κ3) is 17.5. The maximum atomic E-state index is 10.9. The SMILES string of the molecule is C=C.C=C.C=COC(=O)/C=C\C(=O)OC(=C)OC(C)=O. The predicted molar refractivity (Wildman–Crippen MR) is 74.9 cm³/mol. The molecule has 0 bridgehead atoms. The van der Waals surface area contributed by atoms with E-state index < -0.39 is 23.9 Å². The summed E-state index contributed by atoms with van der Waals surface area (Å²) in [7, 11) is 0. The van der Waals surface area contributed by atoms with Gasteiger partial charge in [0.25, 0.3) is 5.95 Å². The zero-order valence-corrected chi connectivity index (χ0v) is 11.4. The summed E-state index contributed by atoms with van der Waals surface area (Å²) in [6.07, 6.45) is 2.53. The van der Waals surface area contributed by atoms with Gasteiger partial charge in [-0.1, -0.05) is 6.58 Å². The normalized spacial score (nSPS) is 7.85. The van der Waals surface area contributed by atoms with E-state index >= 15 is 0 Å². The molecule has 0 aromatic heterocycles. The Hall–Kier alpha value is -2.89. The van der Waals surface area contributed by atoms with E-state index in [1.165, 1.54) is 0 Å². The van der Waals surface area contributed by atoms with Gasteiger partial charge in [0.15, 0.2) is 0 Å². The second-order valence-corrected chi connectivity index (χ2v) is 2.32. The second-order valence-electron chi connectivity index (χ2n) is 2.32. The van der Waals surface area contributed by atoms with Gasteiger partial charge in [-0.15, -0.1) is 26.3 Å². The lowest BCUT2D eigenvalue weighted by Crippen LogP contribution is -2.06. The van der Waals surface area contributed by atoms with Gasteiger partial charge in [0.2, 0.25) is 0 Å². The van der Waals surface area contributed by atoms with E-state index in [2.05, 4.69) is 53.7 Å². The van der Waals surface area contributed by atoms with Gasteiger partial charge in [-0.2, -0.15) is 0 Å². The van der Waals surface area contributed by atoms with Crippen LogP contribution in [0.2, 0.25) is 0 Å². The third-order valence-electron chi connectivity index (χ3n) is 1.03. The van der Waals surface area contributed by atoms with E-state index in [1.54, 1.807) is 0 Å². The molecule has 0 aliphatic carbocycles. The third-order valence-corrected chi connectivity index (χ3v) is 1.03. The Bertz CT molecular complexity index is 379. The molecule has 6 nitrogen and oxygen atoms in total. The fraction of sp³-hybridized carbons (Fsp3) is 0.0714. The summed E-state index contributed by atoms with van der Waals surface area (Å²) in [5.74, 6) is -2.86. The smallest absolute Gasteiger partial charge is 0.338 e. The molecule has 0 N–H and O–H groups in total. The highest BCUT2D eigenvalue weighted by atomic mass is 16.7. The van der Waals surface area contributed by atoms with Crippen LogP contribution in [0.15, 0.2) is 63.8 Å². The van der Waals surface area contributed by atoms with Crippen LogP contribution < -0.4 is 0 Å². The molecule has 0 spiro atoms. The fourth-order valence-corrected chi connectivity index (χ4v) is 0.585. The number of esters is 3. The number of hydrogen-bond donors (Lipinski definition) is 0. The van der Waals surface area contributed by atoms with Crippen LogP contribution in [0, 0.1) is 0 Å². The van der Waals surface area contributed by atoms with Crippen molar-refractivity contribution >= 4 is 17.9 Å². The van der Waals surface area contributed by atoms with Gasteiger partial charge < -0.3 is 14.2 Å². The lowest BCUT2D eigenvalue weighted by molar-refractivity contribution is -0.149. The molecule has 0 saturated carbocycles. The number of carbonyl (C=O) groups is 3. The number of ether oxygens (including phenoxy) is 3. The van der Waals surface area contributed by atoms with Gasteiger partial charge in [0.05, 0.1) is 6.26 Å². The molecular formula is C14H18O6. The Morgan fingerprint density at radius 2 is 1.35 bits per heavy atom. The molecule has 0 unspecified atom stereocenters. The molecular weight excluding hydrogens is 264 g/mol. The monoisotopic (exact) mass is 282 g/mol. The number of hydrogen-bond acceptors (Lipinski definition) is 6. The minimum atomic E-state index is -0.924. The standard InChI is InChI=1S/C10H10O6.2C2H4/c1-4-14-9(12)5-6-10(13)16-8(3)15-7(2)11;2*1-2/h4-6H,1,3H2,2H3;2*1-2H2/b6-5-;;. The molecule has 20 heavy (non-hydrogen) atoms. The van der Waals surface area contributed by atoms with Crippen LogP contribution in [0.4, 0.5) is 0 Å². The molecule has 0 heterocycles. The Labute approximate surface area is 118 Å². The van der Waals surface area contributed by atoms with Crippen molar-refractivity contribution in [3.8, 4) is 0 Å². The van der Waals surface area contributed by atoms with Crippen molar-refractivity contribution in [3.63, 3.8) is 0 Å². The summed E-state index contributed by atoms with van der Waals surface area (Å²) in [6.45, 7) is 19.4. The summed E-state index contributed by atoms with van der Waals surface area (Å²) in [5, 5.41) is 0. The van der Waals surface area contributed by atoms with E-state index in [1.807, 2.05) is 0 Å². The zero-order chi connectivity index (χ0) is 16.6. The highest BCUT2D eigenvalue weighted by molar-refractivity contribution is 5.92. The van der Waals surface area contributed by atoms with Crippen LogP contribution >= 0.6 is 0 Å². The van der Waals surface area contributed by atoms with Gasteiger partial charge >= 0.3 is 17.9 Å². The highest BCUT2D eigenvalue weighted by Gasteiger charge is 2.05. The van der Waals surface area contributed by atoms with Crippen molar-refractivity contribution in [2.45, 2.75) is 6.92 Å². The first kappa shape index (κ1) is 22.3. The molecule has 0 aromatic carbocycles. The fourth-order valence-electron chi connectivity index (χ4n) is 0.585. The summed E-state index contributed by atoms with van der Waals surface area (Å²) < 4.78 is 13.0. The largest absolute Gasteiger partial charge is 0.432 e. The van der Waals surface area contributed by atoms with Crippen molar-refractivity contribution in [1.82, 2.24) is 0 Å². The molecule has 0 atom stereocenters. The van der Waals surface area contributed by atoms with Crippen LogP contribution in [0.5, 0.6) is 0 Å². The molecule has 0 saturated heterocycles. The number of rotatable bonds is 5. The quantitative estimate of drug-likeness (QED) is 0.333. The Kier molecular flexibility index (Phi) is 18.0. The first-order valence-electron chi connectivity index (χ1n) is 5.04. The lowest BCUT2D eigenvalue weighted by atomic mass is 10.5. The van der Waals surface area contributed by atoms with Crippen molar-refractivity contribution in [2.75, 3.05) is 0 Å². The van der Waals surface area contributed by atoms with Gasteiger partial charge in [0, 0.05) is 19.1 Å². The summed E-state index contributed by atoms with van der Waals surface area (Å²) >= 11 is 0. The topological polar surface area (TPSA) is 78.9 Å². The maximum Gasteiger partial charge on any atom is 0.338 e. The van der Waals surface area contributed by atoms with Crippen molar-refractivity contribution in [2.24, 2.45) is 0 Å². The molecule has 6 heteroatoms. The summed E-state index contributed by atoms with van der Waals surface area (Å²) in [6, 6.07) is 0. The minimum Gasteiger partial charge on any atom is -0.432 e. The predicted octanol–water partition coefficient (Wildman–Crippen LogP) is 2.41. The maximum absolute atomic E-state index is 10.9. The molecule has 0 radical (unpaired) electrons. The Balaban J connectivity index is -0.000000656. The van der Waals surface area contributed by atoms with E-state index in [0.29, 0.717) is 0 Å². The van der Waals surface area contributed by atoms with E-state index in [0.717, 1.165) is 25.3 Å². The molecule has 0 aliphatic heterocycles. The van der Waals surface area contributed by atoms with Crippen LogP contribution in [0.25, 0.3) is 0 Å². The first-order valence-corrected chi connectivity index (χ1v) is 5.04. The molecule has 0 aliphatic rings. The van der Waals surface area contributed by atoms with Gasteiger partial charge in [-0.05, 0) is 6.58 Å². The summed E-state index contributed by atoms with van der Waals surface area (Å²) in [5.41, 5.74) is 0. The Morgan fingerprint density at radius 3 is 1.75 bits per heavy atom. The van der Waals surface area contributed by atoms with E-state index in [4.69, 9.17) is 0 Å². The molecule has 110 valence electrons. The van der Waals surface area contributed by atoms with Gasteiger partial charge in [-0.25, -0.2) is 9.59 Å². The zero-order valence-electron chi connectivity index (χ0n) is 11.4. The summed E-state index contributed by atoms with van der Waals surface area (Å²) in [4.78, 5) is 32.1. The van der Waals surface area contributed by atoms with Crippen LogP contribution in [-0.4, -0.2) is 17.9 Å². The second kappa shape index (κ2) is 16.1. The van der Waals surface area contributed by atoms with Gasteiger partial charge in [0.1, 0.15) is 0 Å². The minimum absolute atomic E-state index is 0.473. The molecule has 0 fully saturated rings. The molecule has 0 aromatic rings. The average molecular weight is 282 g/mol. The first-order chi connectivity index (χ1) is 9.45. The van der Waals surface area contributed by atoms with Crippen LogP contribution in [0.3, 0.4) is 0 Å². The van der Waals surface area contributed by atoms with E-state index in [9.17, 15) is 14.4 Å². The number of carbonyl (C=O) groups excluding carboxylic acids is 3. The van der Waals surface area contributed by atoms with Gasteiger partial charge in [-0.3, -0.25) is 4.79 Å². The van der Waals surface area contributed by atoms with Crippen molar-refractivity contribution in [3.05, 3.63) is 63.8 Å². The highest BCUT2D eigenvalue weighted by Crippen LogP contribution is 1.98. The lowest BCUT2D eigenvalue weighted by Gasteiger charge is -2.02. The van der Waals surface area contributed by atoms with Crippen molar-refractivity contribution in [1.29, 1.82) is 0 Å². The van der Waals surface area contributed by atoms with Crippen molar-refractivity contribution < 1.29 is 28.6 Å². The van der Waals surface area contributed by atoms with E-state index in [-0.39, 0.29) is 0 Å².